The maximum Gasteiger partial charge on any atom is 0.245 e. The number of hydrogen-bond donors (Lipinski definition) is 2. The SMILES string of the molecule is C1CC(Cc2nc(N3CCCC4CNCC43)n[nH]2)C1. The van der Waals surface area contributed by atoms with E-state index in [0.717, 1.165) is 43.1 Å². The van der Waals surface area contributed by atoms with Crippen LogP contribution in [-0.4, -0.2) is 40.9 Å². The Bertz CT molecular complexity index is 439. The molecule has 0 bridgehead atoms. The van der Waals surface area contributed by atoms with Crippen LogP contribution in [0.25, 0.3) is 0 Å². The molecule has 1 saturated carbocycles. The van der Waals surface area contributed by atoms with Crippen LogP contribution in [-0.2, 0) is 6.42 Å². The molecule has 0 aromatic carbocycles. The fourth-order valence-corrected chi connectivity index (χ4v) is 3.79. The zero-order valence-electron chi connectivity index (χ0n) is 11.4. The average molecular weight is 261 g/mol. The third-order valence-electron chi connectivity index (χ3n) is 5.16. The number of fused-ring (bicyclic) bond motifs is 1. The number of piperidine rings is 1. The van der Waals surface area contributed by atoms with E-state index in [2.05, 4.69) is 20.4 Å². The molecular weight excluding hydrogens is 238 g/mol. The largest absolute Gasteiger partial charge is 0.335 e. The summed E-state index contributed by atoms with van der Waals surface area (Å²) in [6.07, 6.45) is 7.85. The van der Waals surface area contributed by atoms with Crippen LogP contribution in [0.15, 0.2) is 0 Å². The van der Waals surface area contributed by atoms with Crippen LogP contribution in [0.5, 0.6) is 0 Å². The highest BCUT2D eigenvalue weighted by Crippen LogP contribution is 2.31. The fourth-order valence-electron chi connectivity index (χ4n) is 3.79. The van der Waals surface area contributed by atoms with Crippen molar-refractivity contribution in [3.63, 3.8) is 0 Å². The maximum atomic E-state index is 4.75. The summed E-state index contributed by atoms with van der Waals surface area (Å²) < 4.78 is 0. The highest BCUT2D eigenvalue weighted by molar-refractivity contribution is 5.33. The molecule has 3 fully saturated rings. The van der Waals surface area contributed by atoms with Crippen LogP contribution in [0.3, 0.4) is 0 Å². The molecule has 2 atom stereocenters. The predicted molar refractivity (Wildman–Crippen MR) is 74.2 cm³/mol. The normalized spacial score (nSPS) is 31.3. The van der Waals surface area contributed by atoms with Gasteiger partial charge in [0.1, 0.15) is 5.82 Å². The van der Waals surface area contributed by atoms with Gasteiger partial charge in [0, 0.05) is 32.1 Å². The van der Waals surface area contributed by atoms with E-state index >= 15 is 0 Å². The first kappa shape index (κ1) is 11.7. The van der Waals surface area contributed by atoms with Crippen LogP contribution in [0.1, 0.15) is 37.9 Å². The second-order valence-electron chi connectivity index (χ2n) is 6.40. The van der Waals surface area contributed by atoms with Crippen molar-refractivity contribution in [2.24, 2.45) is 11.8 Å². The molecule has 2 aliphatic heterocycles. The molecule has 1 aromatic rings. The van der Waals surface area contributed by atoms with Gasteiger partial charge >= 0.3 is 0 Å². The zero-order valence-corrected chi connectivity index (χ0v) is 11.4. The molecule has 5 heteroatoms. The molecule has 104 valence electrons. The number of H-pyrrole nitrogens is 1. The van der Waals surface area contributed by atoms with Crippen molar-refractivity contribution in [1.82, 2.24) is 20.5 Å². The van der Waals surface area contributed by atoms with Crippen LogP contribution in [0.2, 0.25) is 0 Å². The van der Waals surface area contributed by atoms with E-state index in [1.807, 2.05) is 0 Å². The monoisotopic (exact) mass is 261 g/mol. The Morgan fingerprint density at radius 2 is 2.11 bits per heavy atom. The van der Waals surface area contributed by atoms with Crippen LogP contribution < -0.4 is 10.2 Å². The van der Waals surface area contributed by atoms with Gasteiger partial charge in [0.25, 0.3) is 0 Å². The smallest absolute Gasteiger partial charge is 0.245 e. The Labute approximate surface area is 114 Å². The first-order valence-corrected chi connectivity index (χ1v) is 7.79. The van der Waals surface area contributed by atoms with Gasteiger partial charge in [0.15, 0.2) is 0 Å². The van der Waals surface area contributed by atoms with Crippen molar-refractivity contribution in [1.29, 1.82) is 0 Å². The van der Waals surface area contributed by atoms with Crippen molar-refractivity contribution in [3.05, 3.63) is 5.82 Å². The summed E-state index contributed by atoms with van der Waals surface area (Å²) in [5.74, 6) is 3.67. The topological polar surface area (TPSA) is 56.8 Å². The number of nitrogens with one attached hydrogen (secondary N) is 2. The van der Waals surface area contributed by atoms with Crippen molar-refractivity contribution in [3.8, 4) is 0 Å². The van der Waals surface area contributed by atoms with Crippen LogP contribution in [0, 0.1) is 11.8 Å². The van der Waals surface area contributed by atoms with Crippen molar-refractivity contribution in [2.75, 3.05) is 24.5 Å². The summed E-state index contributed by atoms with van der Waals surface area (Å²) >= 11 is 0. The molecule has 1 aromatic heterocycles. The number of nitrogens with zero attached hydrogens (tertiary/aromatic N) is 3. The second-order valence-corrected chi connectivity index (χ2v) is 6.40. The van der Waals surface area contributed by atoms with Gasteiger partial charge in [-0.25, -0.2) is 0 Å². The first-order chi connectivity index (χ1) is 9.40. The number of aromatic amines is 1. The third kappa shape index (κ3) is 2.14. The van der Waals surface area contributed by atoms with Crippen molar-refractivity contribution >= 4 is 5.95 Å². The summed E-state index contributed by atoms with van der Waals surface area (Å²) in [4.78, 5) is 7.17. The number of hydrogen-bond acceptors (Lipinski definition) is 4. The van der Waals surface area contributed by atoms with E-state index in [1.54, 1.807) is 0 Å². The van der Waals surface area contributed by atoms with E-state index in [0.29, 0.717) is 6.04 Å². The first-order valence-electron chi connectivity index (χ1n) is 7.79. The van der Waals surface area contributed by atoms with Crippen molar-refractivity contribution < 1.29 is 0 Å². The number of anilines is 1. The lowest BCUT2D eigenvalue weighted by atomic mass is 9.83. The lowest BCUT2D eigenvalue weighted by Gasteiger charge is -2.36. The fraction of sp³-hybridized carbons (Fsp3) is 0.857. The quantitative estimate of drug-likeness (QED) is 0.862. The summed E-state index contributed by atoms with van der Waals surface area (Å²) in [6.45, 7) is 3.38. The van der Waals surface area contributed by atoms with E-state index in [4.69, 9.17) is 4.98 Å². The molecular formula is C14H23N5. The number of rotatable bonds is 3. The highest BCUT2D eigenvalue weighted by Gasteiger charge is 2.36. The van der Waals surface area contributed by atoms with Gasteiger partial charge in [-0.1, -0.05) is 19.3 Å². The van der Waals surface area contributed by atoms with E-state index < -0.39 is 0 Å². The summed E-state index contributed by atoms with van der Waals surface area (Å²) in [5.41, 5.74) is 0. The Hall–Kier alpha value is -1.10. The minimum absolute atomic E-state index is 0.612. The maximum absolute atomic E-state index is 4.75. The summed E-state index contributed by atoms with van der Waals surface area (Å²) in [7, 11) is 0. The zero-order chi connectivity index (χ0) is 12.7. The van der Waals surface area contributed by atoms with Gasteiger partial charge in [0.05, 0.1) is 0 Å². The van der Waals surface area contributed by atoms with E-state index in [9.17, 15) is 0 Å². The molecule has 1 aliphatic carbocycles. The predicted octanol–water partition coefficient (Wildman–Crippen LogP) is 1.34. The van der Waals surface area contributed by atoms with Crippen molar-refractivity contribution in [2.45, 2.75) is 44.6 Å². The third-order valence-corrected chi connectivity index (χ3v) is 5.16. The Balaban J connectivity index is 1.48. The molecule has 3 heterocycles. The lowest BCUT2D eigenvalue weighted by Crippen LogP contribution is -2.45. The molecule has 2 N–H and O–H groups in total. The standard InChI is InChI=1S/C14H23N5/c1-3-10(4-1)7-13-16-14(18-17-13)19-6-2-5-11-8-15-9-12(11)19/h10-12,15H,1-9H2,(H,16,17,18). The average Bonchev–Trinajstić information content (AvgIpc) is 3.02. The van der Waals surface area contributed by atoms with Gasteiger partial charge in [0.2, 0.25) is 5.95 Å². The highest BCUT2D eigenvalue weighted by atomic mass is 15.4. The Morgan fingerprint density at radius 3 is 2.95 bits per heavy atom. The minimum atomic E-state index is 0.612. The molecule has 2 unspecified atom stereocenters. The van der Waals surface area contributed by atoms with Crippen LogP contribution in [0.4, 0.5) is 5.95 Å². The minimum Gasteiger partial charge on any atom is -0.335 e. The van der Waals surface area contributed by atoms with Crippen LogP contribution >= 0.6 is 0 Å². The van der Waals surface area contributed by atoms with Gasteiger partial charge in [-0.05, 0) is 24.7 Å². The van der Waals surface area contributed by atoms with E-state index in [1.165, 1.54) is 38.6 Å². The molecule has 2 saturated heterocycles. The number of aromatic nitrogens is 3. The molecule has 5 nitrogen and oxygen atoms in total. The van der Waals surface area contributed by atoms with E-state index in [-0.39, 0.29) is 0 Å². The Morgan fingerprint density at radius 1 is 1.16 bits per heavy atom. The summed E-state index contributed by atoms with van der Waals surface area (Å²) in [6, 6.07) is 0.612. The molecule has 0 spiro atoms. The van der Waals surface area contributed by atoms with Gasteiger partial charge in [-0.3, -0.25) is 5.10 Å². The lowest BCUT2D eigenvalue weighted by molar-refractivity contribution is 0.309. The van der Waals surface area contributed by atoms with Gasteiger partial charge < -0.3 is 10.2 Å². The molecule has 3 aliphatic rings. The van der Waals surface area contributed by atoms with Gasteiger partial charge in [-0.2, -0.15) is 4.98 Å². The van der Waals surface area contributed by atoms with Gasteiger partial charge in [-0.15, -0.1) is 5.10 Å². The molecule has 0 radical (unpaired) electrons. The molecule has 4 rings (SSSR count). The summed E-state index contributed by atoms with van der Waals surface area (Å²) in [5, 5.41) is 11.1. The molecule has 0 amide bonds. The Kier molecular flexibility index (Phi) is 2.94. The molecule has 19 heavy (non-hydrogen) atoms. The second kappa shape index (κ2) is 4.78.